The largest absolute Gasteiger partial charge is 0.390 e. The number of nitrogens with one attached hydrogen (secondary N) is 2. The highest BCUT2D eigenvalue weighted by Crippen LogP contribution is 2.18. The van der Waals surface area contributed by atoms with Gasteiger partial charge in [-0.2, -0.15) is 0 Å². The van der Waals surface area contributed by atoms with Gasteiger partial charge in [0, 0.05) is 19.2 Å². The molecule has 1 aromatic carbocycles. The number of halogens is 2. The fourth-order valence-electron chi connectivity index (χ4n) is 1.21. The van der Waals surface area contributed by atoms with Crippen molar-refractivity contribution < 1.29 is 14.3 Å². The SMILES string of the molecule is CC(=O)Nc1ccc(NCC(O)CCl)cc1F. The van der Waals surface area contributed by atoms with Gasteiger partial charge in [-0.15, -0.1) is 11.6 Å². The molecule has 1 unspecified atom stereocenters. The van der Waals surface area contributed by atoms with E-state index < -0.39 is 11.9 Å². The number of hydrogen-bond acceptors (Lipinski definition) is 3. The standard InChI is InChI=1S/C11H14ClFN2O2/c1-7(16)15-11-3-2-8(4-10(11)13)14-6-9(17)5-12/h2-4,9,14,17H,5-6H2,1H3,(H,15,16). The van der Waals surface area contributed by atoms with Crippen LogP contribution in [0.25, 0.3) is 0 Å². The Morgan fingerprint density at radius 1 is 1.59 bits per heavy atom. The Hall–Kier alpha value is -1.33. The van der Waals surface area contributed by atoms with E-state index in [1.165, 1.54) is 19.1 Å². The fraction of sp³-hybridized carbons (Fsp3) is 0.364. The Labute approximate surface area is 104 Å². The molecule has 1 rings (SSSR count). The zero-order valence-corrected chi connectivity index (χ0v) is 10.1. The molecule has 17 heavy (non-hydrogen) atoms. The summed E-state index contributed by atoms with van der Waals surface area (Å²) in [5, 5.41) is 14.4. The van der Waals surface area contributed by atoms with E-state index in [4.69, 9.17) is 11.6 Å². The van der Waals surface area contributed by atoms with Gasteiger partial charge in [-0.3, -0.25) is 4.79 Å². The van der Waals surface area contributed by atoms with E-state index in [2.05, 4.69) is 10.6 Å². The van der Waals surface area contributed by atoms with Crippen LogP contribution in [0.15, 0.2) is 18.2 Å². The Morgan fingerprint density at radius 3 is 2.82 bits per heavy atom. The average molecular weight is 261 g/mol. The zero-order chi connectivity index (χ0) is 12.8. The second-order valence-corrected chi connectivity index (χ2v) is 3.87. The van der Waals surface area contributed by atoms with Crippen molar-refractivity contribution in [2.24, 2.45) is 0 Å². The van der Waals surface area contributed by atoms with E-state index in [0.717, 1.165) is 0 Å². The smallest absolute Gasteiger partial charge is 0.221 e. The van der Waals surface area contributed by atoms with Gasteiger partial charge in [-0.1, -0.05) is 0 Å². The number of amides is 1. The summed E-state index contributed by atoms with van der Waals surface area (Å²) in [4.78, 5) is 10.8. The van der Waals surface area contributed by atoms with Gasteiger partial charge in [0.15, 0.2) is 0 Å². The summed E-state index contributed by atoms with van der Waals surface area (Å²) in [6.45, 7) is 1.55. The van der Waals surface area contributed by atoms with Gasteiger partial charge in [0.25, 0.3) is 0 Å². The molecule has 0 aliphatic heterocycles. The van der Waals surface area contributed by atoms with Gasteiger partial charge < -0.3 is 15.7 Å². The molecule has 3 N–H and O–H groups in total. The van der Waals surface area contributed by atoms with Crippen LogP contribution in [0, 0.1) is 5.82 Å². The Kier molecular flexibility index (Phi) is 5.18. The van der Waals surface area contributed by atoms with Crippen molar-refractivity contribution in [2.75, 3.05) is 23.1 Å². The number of alkyl halides is 1. The molecule has 0 saturated heterocycles. The summed E-state index contributed by atoms with van der Waals surface area (Å²) in [6.07, 6.45) is -0.685. The average Bonchev–Trinajstić information content (AvgIpc) is 2.28. The maximum Gasteiger partial charge on any atom is 0.221 e. The lowest BCUT2D eigenvalue weighted by atomic mass is 10.2. The van der Waals surface area contributed by atoms with Crippen LogP contribution in [0.3, 0.4) is 0 Å². The predicted molar refractivity (Wildman–Crippen MR) is 65.9 cm³/mol. The molecular weight excluding hydrogens is 247 g/mol. The molecule has 0 heterocycles. The van der Waals surface area contributed by atoms with Crippen LogP contribution in [0.2, 0.25) is 0 Å². The van der Waals surface area contributed by atoms with E-state index in [1.54, 1.807) is 6.07 Å². The summed E-state index contributed by atoms with van der Waals surface area (Å²) in [6, 6.07) is 4.30. The molecule has 4 nitrogen and oxygen atoms in total. The minimum atomic E-state index is -0.685. The molecule has 0 spiro atoms. The number of carbonyl (C=O) groups is 1. The normalized spacial score (nSPS) is 12.0. The zero-order valence-electron chi connectivity index (χ0n) is 9.34. The first-order valence-electron chi connectivity index (χ1n) is 5.08. The van der Waals surface area contributed by atoms with Crippen LogP contribution in [0.1, 0.15) is 6.92 Å². The molecule has 0 aromatic heterocycles. The topological polar surface area (TPSA) is 61.4 Å². The first kappa shape index (κ1) is 13.7. The quantitative estimate of drug-likeness (QED) is 0.708. The van der Waals surface area contributed by atoms with Crippen LogP contribution >= 0.6 is 11.6 Å². The summed E-state index contributed by atoms with van der Waals surface area (Å²) in [5.74, 6) is -0.757. The second kappa shape index (κ2) is 6.42. The third-order valence-corrected chi connectivity index (χ3v) is 2.36. The Morgan fingerprint density at radius 2 is 2.29 bits per heavy atom. The van der Waals surface area contributed by atoms with Crippen molar-refractivity contribution in [3.05, 3.63) is 24.0 Å². The summed E-state index contributed by atoms with van der Waals surface area (Å²) < 4.78 is 13.5. The van der Waals surface area contributed by atoms with Crippen molar-refractivity contribution >= 4 is 28.9 Å². The summed E-state index contributed by atoms with van der Waals surface area (Å²) in [7, 11) is 0. The highest BCUT2D eigenvalue weighted by atomic mass is 35.5. The maximum atomic E-state index is 13.5. The lowest BCUT2D eigenvalue weighted by Crippen LogP contribution is -2.20. The number of benzene rings is 1. The lowest BCUT2D eigenvalue weighted by Gasteiger charge is -2.11. The molecule has 1 aromatic rings. The van der Waals surface area contributed by atoms with Crippen LogP contribution in [-0.2, 0) is 4.79 Å². The molecule has 6 heteroatoms. The molecule has 0 radical (unpaired) electrons. The maximum absolute atomic E-state index is 13.5. The highest BCUT2D eigenvalue weighted by Gasteiger charge is 2.06. The van der Waals surface area contributed by atoms with Crippen LogP contribution in [0.5, 0.6) is 0 Å². The van der Waals surface area contributed by atoms with Crippen LogP contribution < -0.4 is 10.6 Å². The molecular formula is C11H14ClFN2O2. The van der Waals surface area contributed by atoms with Crippen molar-refractivity contribution in [1.29, 1.82) is 0 Å². The molecule has 0 saturated carbocycles. The highest BCUT2D eigenvalue weighted by molar-refractivity contribution is 6.18. The molecule has 1 amide bonds. The first-order valence-corrected chi connectivity index (χ1v) is 5.61. The van der Waals surface area contributed by atoms with Gasteiger partial charge in [0.05, 0.1) is 17.7 Å². The molecule has 0 bridgehead atoms. The van der Waals surface area contributed by atoms with Gasteiger partial charge >= 0.3 is 0 Å². The van der Waals surface area contributed by atoms with Crippen LogP contribution in [-0.4, -0.2) is 29.5 Å². The number of hydrogen-bond donors (Lipinski definition) is 3. The van der Waals surface area contributed by atoms with E-state index in [-0.39, 0.29) is 24.0 Å². The van der Waals surface area contributed by atoms with Gasteiger partial charge in [0.2, 0.25) is 5.91 Å². The number of rotatable bonds is 5. The molecule has 1 atom stereocenters. The number of anilines is 2. The number of aliphatic hydroxyl groups excluding tert-OH is 1. The molecule has 0 fully saturated rings. The van der Waals surface area contributed by atoms with Gasteiger partial charge in [-0.25, -0.2) is 4.39 Å². The molecule has 0 aliphatic carbocycles. The summed E-state index contributed by atoms with van der Waals surface area (Å²) >= 11 is 5.42. The van der Waals surface area contributed by atoms with Gasteiger partial charge in [0.1, 0.15) is 5.82 Å². The minimum absolute atomic E-state index is 0.111. The Bertz CT molecular complexity index is 401. The summed E-state index contributed by atoms with van der Waals surface area (Å²) in [5.41, 5.74) is 0.640. The first-order chi connectivity index (χ1) is 8.02. The van der Waals surface area contributed by atoms with E-state index in [1.807, 2.05) is 0 Å². The third kappa shape index (κ3) is 4.58. The van der Waals surface area contributed by atoms with Crippen molar-refractivity contribution in [1.82, 2.24) is 0 Å². The lowest BCUT2D eigenvalue weighted by molar-refractivity contribution is -0.114. The minimum Gasteiger partial charge on any atom is -0.390 e. The molecule has 94 valence electrons. The third-order valence-electron chi connectivity index (χ3n) is 2.00. The predicted octanol–water partition coefficient (Wildman–Crippen LogP) is 1.80. The van der Waals surface area contributed by atoms with Crippen molar-refractivity contribution in [3.63, 3.8) is 0 Å². The van der Waals surface area contributed by atoms with E-state index >= 15 is 0 Å². The van der Waals surface area contributed by atoms with Crippen molar-refractivity contribution in [2.45, 2.75) is 13.0 Å². The van der Waals surface area contributed by atoms with E-state index in [9.17, 15) is 14.3 Å². The monoisotopic (exact) mass is 260 g/mol. The Balaban J connectivity index is 2.65. The van der Waals surface area contributed by atoms with E-state index in [0.29, 0.717) is 5.69 Å². The molecule has 0 aliphatic rings. The van der Waals surface area contributed by atoms with Crippen molar-refractivity contribution in [3.8, 4) is 0 Å². The second-order valence-electron chi connectivity index (χ2n) is 3.56. The number of aliphatic hydroxyl groups is 1. The van der Waals surface area contributed by atoms with Gasteiger partial charge in [-0.05, 0) is 18.2 Å². The van der Waals surface area contributed by atoms with Crippen LogP contribution in [0.4, 0.5) is 15.8 Å². The fourth-order valence-corrected chi connectivity index (χ4v) is 1.32. The number of carbonyl (C=O) groups excluding carboxylic acids is 1.